The van der Waals surface area contributed by atoms with Crippen LogP contribution in [0.2, 0.25) is 0 Å². The van der Waals surface area contributed by atoms with Crippen molar-refractivity contribution in [2.45, 2.75) is 136 Å². The van der Waals surface area contributed by atoms with Gasteiger partial charge >= 0.3 is 0 Å². The summed E-state index contributed by atoms with van der Waals surface area (Å²) in [6.45, 7) is 5.60. The third kappa shape index (κ3) is 32.3. The van der Waals surface area contributed by atoms with E-state index in [4.69, 9.17) is 0 Å². The molecule has 0 spiro atoms. The summed E-state index contributed by atoms with van der Waals surface area (Å²) in [6, 6.07) is 0. The summed E-state index contributed by atoms with van der Waals surface area (Å²) in [5.74, 6) is 1.07. The second kappa shape index (κ2) is 30.4. The maximum atomic E-state index is 4.20. The van der Waals surface area contributed by atoms with Crippen molar-refractivity contribution in [1.82, 2.24) is 4.72 Å². The molecule has 0 fully saturated rings. The van der Waals surface area contributed by atoms with Gasteiger partial charge in [0.15, 0.2) is 0 Å². The number of rotatable bonds is 20. The van der Waals surface area contributed by atoms with Crippen LogP contribution < -0.4 is 4.72 Å². The van der Waals surface area contributed by atoms with E-state index in [0.717, 1.165) is 12.3 Å². The Bertz CT molecular complexity index is 170. The smallest absolute Gasteiger partial charge is 0.00561 e. The van der Waals surface area contributed by atoms with Crippen molar-refractivity contribution in [3.63, 3.8) is 0 Å². The second-order valence-electron chi connectivity index (χ2n) is 7.64. The quantitative estimate of drug-likeness (QED) is 0.136. The van der Waals surface area contributed by atoms with E-state index in [2.05, 4.69) is 44.0 Å². The molecule has 3 heteroatoms. The van der Waals surface area contributed by atoms with Gasteiger partial charge in [-0.05, 0) is 18.6 Å². The molecule has 0 aromatic carbocycles. The zero-order chi connectivity index (χ0) is 19.6. The fourth-order valence-electron chi connectivity index (χ4n) is 3.11. The van der Waals surface area contributed by atoms with Crippen LogP contribution in [0.3, 0.4) is 0 Å². The normalized spacial score (nSPS) is 10.6. The minimum absolute atomic E-state index is 1.05. The summed E-state index contributed by atoms with van der Waals surface area (Å²) in [7, 11) is 0. The van der Waals surface area contributed by atoms with Gasteiger partial charge < -0.3 is 0 Å². The Kier molecular flexibility index (Phi) is 33.7. The van der Waals surface area contributed by atoms with Crippen LogP contribution in [0.1, 0.15) is 136 Å². The molecule has 0 radical (unpaired) electrons. The van der Waals surface area contributed by atoms with E-state index in [-0.39, 0.29) is 0 Å². The Labute approximate surface area is 178 Å². The van der Waals surface area contributed by atoms with E-state index in [1.54, 1.807) is 0 Å². The standard InChI is InChI=1S/C12H26S.C11H25NS/c2*1-2-3-4-5-6-7-8-9-10-11-12-13/h13H,2-12H2,1H3;12-13H,2-11H2,1H3. The predicted molar refractivity (Wildman–Crippen MR) is 130 cm³/mol. The van der Waals surface area contributed by atoms with Crippen LogP contribution in [0.25, 0.3) is 0 Å². The molecule has 1 nitrogen and oxygen atoms in total. The second-order valence-corrected chi connectivity index (χ2v) is 8.41. The summed E-state index contributed by atoms with van der Waals surface area (Å²) < 4.78 is 2.88. The summed E-state index contributed by atoms with van der Waals surface area (Å²) in [5.41, 5.74) is 0. The van der Waals surface area contributed by atoms with Gasteiger partial charge in [-0.25, -0.2) is 0 Å². The molecule has 0 bridgehead atoms. The summed E-state index contributed by atoms with van der Waals surface area (Å²) in [5, 5.41) is 0. The first kappa shape index (κ1) is 28.9. The molecule has 1 N–H and O–H groups in total. The Balaban J connectivity index is 0. The van der Waals surface area contributed by atoms with E-state index in [0.29, 0.717) is 0 Å². The van der Waals surface area contributed by atoms with Gasteiger partial charge in [-0.3, -0.25) is 4.72 Å². The first-order chi connectivity index (χ1) is 12.8. The van der Waals surface area contributed by atoms with Gasteiger partial charge in [-0.1, -0.05) is 136 Å². The predicted octanol–water partition coefficient (Wildman–Crippen LogP) is 8.79. The van der Waals surface area contributed by atoms with Gasteiger partial charge in [-0.2, -0.15) is 12.6 Å². The van der Waals surface area contributed by atoms with Gasteiger partial charge in [0.1, 0.15) is 0 Å². The molecule has 0 amide bonds. The van der Waals surface area contributed by atoms with Gasteiger partial charge in [0.05, 0.1) is 0 Å². The minimum Gasteiger partial charge on any atom is -0.267 e. The number of hydrogen-bond donors (Lipinski definition) is 3. The highest BCUT2D eigenvalue weighted by Gasteiger charge is 1.92. The summed E-state index contributed by atoms with van der Waals surface area (Å²) >= 11 is 8.15. The Morgan fingerprint density at radius 1 is 0.462 bits per heavy atom. The minimum atomic E-state index is 1.05. The van der Waals surface area contributed by atoms with Crippen LogP contribution in [0.4, 0.5) is 0 Å². The molecule has 0 saturated heterocycles. The van der Waals surface area contributed by atoms with Crippen molar-refractivity contribution in [3.05, 3.63) is 0 Å². The van der Waals surface area contributed by atoms with Crippen molar-refractivity contribution < 1.29 is 0 Å². The van der Waals surface area contributed by atoms with Crippen LogP contribution in [-0.4, -0.2) is 12.3 Å². The fourth-order valence-corrected chi connectivity index (χ4v) is 3.50. The molecule has 0 aliphatic heterocycles. The lowest BCUT2D eigenvalue weighted by molar-refractivity contribution is 0.563. The number of nitrogens with one attached hydrogen (secondary N) is 1. The first-order valence-corrected chi connectivity index (χ1v) is 12.9. The molecule has 26 heavy (non-hydrogen) atoms. The largest absolute Gasteiger partial charge is 0.267 e. The van der Waals surface area contributed by atoms with Gasteiger partial charge in [0.2, 0.25) is 0 Å². The monoisotopic (exact) mass is 405 g/mol. The zero-order valence-electron chi connectivity index (χ0n) is 18.2. The van der Waals surface area contributed by atoms with E-state index >= 15 is 0 Å². The van der Waals surface area contributed by atoms with Crippen molar-refractivity contribution in [3.8, 4) is 0 Å². The number of thiol groups is 2. The molecule has 0 aromatic rings. The Hall–Kier alpha value is 0.660. The van der Waals surface area contributed by atoms with Crippen LogP contribution in [0, 0.1) is 0 Å². The molecule has 0 atom stereocenters. The molecule has 0 aliphatic rings. The van der Waals surface area contributed by atoms with Crippen molar-refractivity contribution in [2.24, 2.45) is 0 Å². The lowest BCUT2D eigenvalue weighted by Crippen LogP contribution is -1.99. The number of hydrogen-bond acceptors (Lipinski definition) is 3. The van der Waals surface area contributed by atoms with E-state index in [1.165, 1.54) is 122 Å². The van der Waals surface area contributed by atoms with E-state index in [1.807, 2.05) is 0 Å². The van der Waals surface area contributed by atoms with Crippen molar-refractivity contribution >= 4 is 25.4 Å². The molecular formula is C23H51NS2. The van der Waals surface area contributed by atoms with Crippen LogP contribution in [-0.2, 0) is 0 Å². The Morgan fingerprint density at radius 2 is 0.769 bits per heavy atom. The first-order valence-electron chi connectivity index (χ1n) is 11.8. The third-order valence-corrected chi connectivity index (χ3v) is 5.44. The molecular weight excluding hydrogens is 354 g/mol. The van der Waals surface area contributed by atoms with Crippen molar-refractivity contribution in [1.29, 1.82) is 0 Å². The fraction of sp³-hybridized carbons (Fsp3) is 1.00. The molecule has 0 rings (SSSR count). The molecule has 0 heterocycles. The topological polar surface area (TPSA) is 12.0 Å². The van der Waals surface area contributed by atoms with E-state index in [9.17, 15) is 0 Å². The third-order valence-electron chi connectivity index (χ3n) is 4.90. The maximum absolute atomic E-state index is 4.20. The summed E-state index contributed by atoms with van der Waals surface area (Å²) in [6.07, 6.45) is 26.7. The van der Waals surface area contributed by atoms with Crippen LogP contribution >= 0.6 is 25.4 Å². The lowest BCUT2D eigenvalue weighted by atomic mass is 10.1. The van der Waals surface area contributed by atoms with Crippen LogP contribution in [0.15, 0.2) is 0 Å². The molecule has 0 unspecified atom stereocenters. The average molecular weight is 406 g/mol. The molecule has 0 saturated carbocycles. The lowest BCUT2D eigenvalue weighted by Gasteiger charge is -2.01. The maximum Gasteiger partial charge on any atom is 0.00561 e. The van der Waals surface area contributed by atoms with Gasteiger partial charge in [0.25, 0.3) is 0 Å². The summed E-state index contributed by atoms with van der Waals surface area (Å²) in [4.78, 5) is 0. The van der Waals surface area contributed by atoms with Gasteiger partial charge in [0, 0.05) is 6.54 Å². The molecule has 0 aromatic heterocycles. The Morgan fingerprint density at radius 3 is 1.08 bits per heavy atom. The van der Waals surface area contributed by atoms with Crippen molar-refractivity contribution in [2.75, 3.05) is 12.3 Å². The highest BCUT2D eigenvalue weighted by molar-refractivity contribution is 7.80. The highest BCUT2D eigenvalue weighted by atomic mass is 32.1. The SMILES string of the molecule is CCCCCCCCCCCCS.CCCCCCCCCCCNS. The van der Waals surface area contributed by atoms with Crippen LogP contribution in [0.5, 0.6) is 0 Å². The highest BCUT2D eigenvalue weighted by Crippen LogP contribution is 2.10. The van der Waals surface area contributed by atoms with Gasteiger partial charge in [-0.15, -0.1) is 0 Å². The molecule has 0 aliphatic carbocycles. The number of unbranched alkanes of at least 4 members (excludes halogenated alkanes) is 17. The van der Waals surface area contributed by atoms with E-state index < -0.39 is 0 Å². The zero-order valence-corrected chi connectivity index (χ0v) is 20.0. The molecule has 160 valence electrons. The average Bonchev–Trinajstić information content (AvgIpc) is 2.66.